The first-order valence-electron chi connectivity index (χ1n) is 6.68. The lowest BCUT2D eigenvalue weighted by molar-refractivity contribution is -0.144. The van der Waals surface area contributed by atoms with Gasteiger partial charge in [0.05, 0.1) is 0 Å². The molecule has 1 aromatic heterocycles. The molecule has 0 atom stereocenters. The number of hydrogen-bond donors (Lipinski definition) is 3. The second kappa shape index (κ2) is 6.25. The minimum atomic E-state index is -4.59. The van der Waals surface area contributed by atoms with Gasteiger partial charge in [-0.2, -0.15) is 13.2 Å². The molecule has 0 amide bonds. The quantitative estimate of drug-likeness (QED) is 0.453. The molecular formula is C12H18F3N5. The fourth-order valence-corrected chi connectivity index (χ4v) is 2.35. The van der Waals surface area contributed by atoms with Crippen molar-refractivity contribution >= 4 is 11.6 Å². The number of nitrogens with one attached hydrogen (secondary N) is 2. The zero-order valence-electron chi connectivity index (χ0n) is 11.0. The van der Waals surface area contributed by atoms with Crippen LogP contribution in [0.4, 0.5) is 24.8 Å². The highest BCUT2D eigenvalue weighted by Gasteiger charge is 2.35. The third-order valence-corrected chi connectivity index (χ3v) is 3.33. The van der Waals surface area contributed by atoms with Gasteiger partial charge in [0.25, 0.3) is 0 Å². The minimum Gasteiger partial charge on any atom is -0.367 e. The Morgan fingerprint density at radius 3 is 2.20 bits per heavy atom. The van der Waals surface area contributed by atoms with E-state index >= 15 is 0 Å². The highest BCUT2D eigenvalue weighted by atomic mass is 19.4. The highest BCUT2D eigenvalue weighted by molar-refractivity contribution is 5.47. The van der Waals surface area contributed by atoms with Crippen molar-refractivity contribution in [3.05, 3.63) is 11.9 Å². The van der Waals surface area contributed by atoms with Crippen LogP contribution >= 0.6 is 0 Å². The van der Waals surface area contributed by atoms with E-state index in [4.69, 9.17) is 5.84 Å². The van der Waals surface area contributed by atoms with E-state index in [-0.39, 0.29) is 17.7 Å². The number of hydrazine groups is 1. The fourth-order valence-electron chi connectivity index (χ4n) is 2.35. The molecule has 0 aromatic carbocycles. The SMILES string of the molecule is NNc1cc(NC2CCCCCC2)nc(C(F)(F)F)n1. The number of alkyl halides is 3. The zero-order chi connectivity index (χ0) is 14.6. The molecule has 1 heterocycles. The van der Waals surface area contributed by atoms with E-state index in [9.17, 15) is 13.2 Å². The van der Waals surface area contributed by atoms with E-state index in [1.807, 2.05) is 0 Å². The standard InChI is InChI=1S/C12H18F3N5/c13-12(14,15)11-18-9(7-10(19-11)20-16)17-8-5-3-1-2-4-6-8/h7-8H,1-6,16H2,(H2,17,18,19,20). The van der Waals surface area contributed by atoms with Crippen LogP contribution in [0.15, 0.2) is 6.07 Å². The summed E-state index contributed by atoms with van der Waals surface area (Å²) in [4.78, 5) is 6.86. The van der Waals surface area contributed by atoms with Crippen molar-refractivity contribution in [1.29, 1.82) is 0 Å². The van der Waals surface area contributed by atoms with Crippen LogP contribution in [0.1, 0.15) is 44.3 Å². The van der Waals surface area contributed by atoms with E-state index in [1.165, 1.54) is 18.9 Å². The average Bonchev–Trinajstić information content (AvgIpc) is 2.66. The van der Waals surface area contributed by atoms with Gasteiger partial charge in [0.2, 0.25) is 5.82 Å². The van der Waals surface area contributed by atoms with Gasteiger partial charge >= 0.3 is 6.18 Å². The molecular weight excluding hydrogens is 271 g/mol. The maximum atomic E-state index is 12.7. The summed E-state index contributed by atoms with van der Waals surface area (Å²) in [5, 5.41) is 3.06. The summed E-state index contributed by atoms with van der Waals surface area (Å²) in [7, 11) is 0. The molecule has 1 fully saturated rings. The molecule has 1 aliphatic carbocycles. The van der Waals surface area contributed by atoms with Crippen LogP contribution in [0.5, 0.6) is 0 Å². The van der Waals surface area contributed by atoms with Crippen LogP contribution in [0.3, 0.4) is 0 Å². The Balaban J connectivity index is 2.17. The number of halogens is 3. The Bertz CT molecular complexity index is 441. The van der Waals surface area contributed by atoms with Gasteiger partial charge in [0, 0.05) is 12.1 Å². The van der Waals surface area contributed by atoms with Crippen molar-refractivity contribution in [1.82, 2.24) is 9.97 Å². The minimum absolute atomic E-state index is 0.0524. The number of nitrogen functional groups attached to an aromatic ring is 1. The summed E-state index contributed by atoms with van der Waals surface area (Å²) in [6, 6.07) is 1.54. The predicted octanol–water partition coefficient (Wildman–Crippen LogP) is 2.92. The van der Waals surface area contributed by atoms with Gasteiger partial charge in [-0.25, -0.2) is 15.8 Å². The van der Waals surface area contributed by atoms with E-state index in [2.05, 4.69) is 20.7 Å². The van der Waals surface area contributed by atoms with Crippen molar-refractivity contribution in [3.8, 4) is 0 Å². The molecule has 0 saturated heterocycles. The molecule has 8 heteroatoms. The molecule has 1 aromatic rings. The van der Waals surface area contributed by atoms with Crippen molar-refractivity contribution in [2.24, 2.45) is 5.84 Å². The third-order valence-electron chi connectivity index (χ3n) is 3.33. The maximum absolute atomic E-state index is 12.7. The lowest BCUT2D eigenvalue weighted by Gasteiger charge is -2.18. The molecule has 2 rings (SSSR count). The van der Waals surface area contributed by atoms with Crippen molar-refractivity contribution in [3.63, 3.8) is 0 Å². The number of nitrogens with zero attached hydrogens (tertiary/aromatic N) is 2. The first kappa shape index (κ1) is 14.8. The Morgan fingerprint density at radius 2 is 1.65 bits per heavy atom. The first-order chi connectivity index (χ1) is 9.49. The lowest BCUT2D eigenvalue weighted by Crippen LogP contribution is -2.22. The van der Waals surface area contributed by atoms with Crippen molar-refractivity contribution in [2.45, 2.75) is 50.7 Å². The molecule has 4 N–H and O–H groups in total. The Kier molecular flexibility index (Phi) is 4.64. The summed E-state index contributed by atoms with van der Waals surface area (Å²) in [5.41, 5.74) is 2.14. The van der Waals surface area contributed by atoms with E-state index in [0.717, 1.165) is 25.7 Å². The second-order valence-corrected chi connectivity index (χ2v) is 4.94. The fraction of sp³-hybridized carbons (Fsp3) is 0.667. The monoisotopic (exact) mass is 289 g/mol. The summed E-state index contributed by atoms with van der Waals surface area (Å²) < 4.78 is 38.1. The van der Waals surface area contributed by atoms with Crippen LogP contribution in [0.25, 0.3) is 0 Å². The molecule has 0 radical (unpaired) electrons. The number of nitrogens with two attached hydrogens (primary N) is 1. The van der Waals surface area contributed by atoms with E-state index in [0.29, 0.717) is 0 Å². The molecule has 0 spiro atoms. The van der Waals surface area contributed by atoms with Crippen LogP contribution in [-0.4, -0.2) is 16.0 Å². The summed E-state index contributed by atoms with van der Waals surface area (Å²) in [6.07, 6.45) is 1.80. The smallest absolute Gasteiger partial charge is 0.367 e. The largest absolute Gasteiger partial charge is 0.451 e. The van der Waals surface area contributed by atoms with Crippen LogP contribution < -0.4 is 16.6 Å². The molecule has 20 heavy (non-hydrogen) atoms. The molecule has 0 aliphatic heterocycles. The van der Waals surface area contributed by atoms with Gasteiger partial charge in [0.15, 0.2) is 0 Å². The van der Waals surface area contributed by atoms with Gasteiger partial charge in [0.1, 0.15) is 11.6 Å². The summed E-state index contributed by atoms with van der Waals surface area (Å²) in [6.45, 7) is 0. The number of hydrogen-bond acceptors (Lipinski definition) is 5. The van der Waals surface area contributed by atoms with Gasteiger partial charge in [-0.1, -0.05) is 25.7 Å². The molecule has 0 bridgehead atoms. The van der Waals surface area contributed by atoms with Gasteiger partial charge in [-0.3, -0.25) is 0 Å². The lowest BCUT2D eigenvalue weighted by atomic mass is 10.1. The second-order valence-electron chi connectivity index (χ2n) is 4.94. The molecule has 5 nitrogen and oxygen atoms in total. The van der Waals surface area contributed by atoms with Gasteiger partial charge < -0.3 is 10.7 Å². The molecule has 112 valence electrons. The van der Waals surface area contributed by atoms with Gasteiger partial charge in [-0.15, -0.1) is 0 Å². The van der Waals surface area contributed by atoms with Crippen molar-refractivity contribution < 1.29 is 13.2 Å². The molecule has 0 unspecified atom stereocenters. The van der Waals surface area contributed by atoms with Crippen LogP contribution in [-0.2, 0) is 6.18 Å². The van der Waals surface area contributed by atoms with Gasteiger partial charge in [-0.05, 0) is 12.8 Å². The maximum Gasteiger partial charge on any atom is 0.451 e. The number of rotatable bonds is 3. The number of anilines is 2. The summed E-state index contributed by atoms with van der Waals surface area (Å²) >= 11 is 0. The Morgan fingerprint density at radius 1 is 1.05 bits per heavy atom. The third kappa shape index (κ3) is 3.96. The topological polar surface area (TPSA) is 75.9 Å². The van der Waals surface area contributed by atoms with Crippen LogP contribution in [0.2, 0.25) is 0 Å². The number of aromatic nitrogens is 2. The average molecular weight is 289 g/mol. The molecule has 1 aliphatic rings. The highest BCUT2D eigenvalue weighted by Crippen LogP contribution is 2.29. The normalized spacial score (nSPS) is 17.6. The van der Waals surface area contributed by atoms with Crippen molar-refractivity contribution in [2.75, 3.05) is 10.7 Å². The van der Waals surface area contributed by atoms with Crippen LogP contribution in [0, 0.1) is 0 Å². The van der Waals surface area contributed by atoms with E-state index < -0.39 is 12.0 Å². The Hall–Kier alpha value is -1.57. The molecule has 1 saturated carbocycles. The zero-order valence-corrected chi connectivity index (χ0v) is 11.0. The first-order valence-corrected chi connectivity index (χ1v) is 6.68. The summed E-state index contributed by atoms with van der Waals surface area (Å²) in [5.74, 6) is 4.07. The Labute approximate surface area is 115 Å². The predicted molar refractivity (Wildman–Crippen MR) is 70.0 cm³/mol. The van der Waals surface area contributed by atoms with E-state index in [1.54, 1.807) is 0 Å².